The lowest BCUT2D eigenvalue weighted by Crippen LogP contribution is -2.20. The fourth-order valence-electron chi connectivity index (χ4n) is 2.97. The van der Waals surface area contributed by atoms with Crippen LogP contribution in [0.15, 0.2) is 71.8 Å². The van der Waals surface area contributed by atoms with E-state index < -0.39 is 5.91 Å². The normalized spacial score (nSPS) is 10.5. The molecule has 8 heteroatoms. The maximum Gasteiger partial charge on any atom is 0.240 e. The molecule has 0 bridgehead atoms. The van der Waals surface area contributed by atoms with Crippen molar-refractivity contribution in [2.45, 2.75) is 26.4 Å². The van der Waals surface area contributed by atoms with E-state index >= 15 is 0 Å². The summed E-state index contributed by atoms with van der Waals surface area (Å²) in [5.41, 5.74) is 6.14. The Morgan fingerprint density at radius 2 is 1.79 bits per heavy atom. The first-order chi connectivity index (χ1) is 16.4. The van der Waals surface area contributed by atoms with Crippen LogP contribution >= 0.6 is 11.6 Å². The molecule has 0 aromatic heterocycles. The topological polar surface area (TPSA) is 104 Å². The van der Waals surface area contributed by atoms with Gasteiger partial charge in [-0.05, 0) is 54.4 Å². The highest BCUT2D eigenvalue weighted by Crippen LogP contribution is 2.22. The number of aryl methyl sites for hydroxylation is 1. The van der Waals surface area contributed by atoms with Crippen molar-refractivity contribution in [2.75, 3.05) is 5.32 Å². The van der Waals surface area contributed by atoms with Crippen LogP contribution in [0.5, 0.6) is 5.75 Å². The largest absolute Gasteiger partial charge is 0.488 e. The Bertz CT molecular complexity index is 1230. The fourth-order valence-corrected chi connectivity index (χ4v) is 3.15. The number of anilines is 1. The summed E-state index contributed by atoms with van der Waals surface area (Å²) in [6.45, 7) is 2.19. The first-order valence-electron chi connectivity index (χ1n) is 10.5. The highest BCUT2D eigenvalue weighted by atomic mass is 35.5. The lowest BCUT2D eigenvalue weighted by Gasteiger charge is -2.10. The second kappa shape index (κ2) is 12.2. The van der Waals surface area contributed by atoms with E-state index in [-0.39, 0.29) is 25.4 Å². The maximum absolute atomic E-state index is 12.1. The van der Waals surface area contributed by atoms with Gasteiger partial charge < -0.3 is 10.1 Å². The summed E-state index contributed by atoms with van der Waals surface area (Å²) in [4.78, 5) is 24.2. The number of carbonyl (C=O) groups excluding carboxylic acids is 2. The third-order valence-corrected chi connectivity index (χ3v) is 5.08. The Hall–Kier alpha value is -4.15. The molecule has 0 fully saturated rings. The van der Waals surface area contributed by atoms with E-state index in [0.29, 0.717) is 21.9 Å². The number of ether oxygens (including phenoxy) is 1. The van der Waals surface area contributed by atoms with Gasteiger partial charge in [0.25, 0.3) is 0 Å². The lowest BCUT2D eigenvalue weighted by molar-refractivity contribution is -0.124. The van der Waals surface area contributed by atoms with E-state index in [0.717, 1.165) is 16.8 Å². The number of nitrogens with one attached hydrogen (secondary N) is 2. The molecule has 0 spiro atoms. The number of hydrogen-bond donors (Lipinski definition) is 2. The number of halogens is 1. The molecule has 34 heavy (non-hydrogen) atoms. The van der Waals surface area contributed by atoms with Crippen LogP contribution in [0.1, 0.15) is 35.1 Å². The Balaban J connectivity index is 1.51. The second-order valence-electron chi connectivity index (χ2n) is 7.44. The molecular weight excluding hydrogens is 452 g/mol. The van der Waals surface area contributed by atoms with Crippen LogP contribution in [0.3, 0.4) is 0 Å². The molecule has 0 unspecified atom stereocenters. The van der Waals surface area contributed by atoms with Crippen LogP contribution in [0.2, 0.25) is 5.02 Å². The quantitative estimate of drug-likeness (QED) is 0.337. The minimum absolute atomic E-state index is 0.00729. The van der Waals surface area contributed by atoms with Crippen molar-refractivity contribution in [3.8, 4) is 11.8 Å². The van der Waals surface area contributed by atoms with Gasteiger partial charge in [0.1, 0.15) is 12.4 Å². The van der Waals surface area contributed by atoms with E-state index in [9.17, 15) is 9.59 Å². The molecule has 2 N–H and O–H groups in total. The number of benzene rings is 3. The molecule has 0 aliphatic rings. The van der Waals surface area contributed by atoms with Gasteiger partial charge >= 0.3 is 0 Å². The molecule has 3 aromatic carbocycles. The fraction of sp³-hybridized carbons (Fsp3) is 0.154. The second-order valence-corrected chi connectivity index (χ2v) is 7.87. The molecule has 0 aliphatic carbocycles. The summed E-state index contributed by atoms with van der Waals surface area (Å²) < 4.78 is 5.86. The van der Waals surface area contributed by atoms with Gasteiger partial charge in [0.05, 0.1) is 17.8 Å². The highest BCUT2D eigenvalue weighted by molar-refractivity contribution is 6.30. The summed E-state index contributed by atoms with van der Waals surface area (Å²) in [7, 11) is 0. The minimum atomic E-state index is -0.390. The van der Waals surface area contributed by atoms with Crippen LogP contribution < -0.4 is 15.5 Å². The number of hydrogen-bond acceptors (Lipinski definition) is 5. The number of rotatable bonds is 9. The summed E-state index contributed by atoms with van der Waals surface area (Å²) in [6, 6.07) is 21.7. The van der Waals surface area contributed by atoms with Gasteiger partial charge in [0.15, 0.2) is 0 Å². The van der Waals surface area contributed by atoms with Crippen molar-refractivity contribution in [1.82, 2.24) is 5.43 Å². The van der Waals surface area contributed by atoms with Crippen molar-refractivity contribution in [3.05, 3.63) is 94.0 Å². The maximum atomic E-state index is 12.1. The standard InChI is InChI=1S/C26H23ClN4O3/c1-18-4-2-3-5-23(18)30-25(32)12-13-26(33)31-29-16-21-14-22(27)10-11-24(21)34-17-20-8-6-19(15-28)7-9-20/h2-11,14,16H,12-13,17H2,1H3,(H,30,32)(H,31,33). The SMILES string of the molecule is Cc1ccccc1NC(=O)CCC(=O)NN=Cc1cc(Cl)ccc1OCc1ccc(C#N)cc1. The molecule has 0 radical (unpaired) electrons. The molecule has 0 heterocycles. The van der Waals surface area contributed by atoms with Crippen LogP contribution in [-0.2, 0) is 16.2 Å². The van der Waals surface area contributed by atoms with Crippen LogP contribution in [-0.4, -0.2) is 18.0 Å². The number of amides is 2. The summed E-state index contributed by atoms with van der Waals surface area (Å²) in [6.07, 6.45) is 1.46. The predicted molar refractivity (Wildman–Crippen MR) is 132 cm³/mol. The highest BCUT2D eigenvalue weighted by Gasteiger charge is 2.08. The molecule has 0 saturated carbocycles. The van der Waals surface area contributed by atoms with Gasteiger partial charge in [-0.1, -0.05) is 41.9 Å². The van der Waals surface area contributed by atoms with Crippen LogP contribution in [0.25, 0.3) is 0 Å². The molecule has 0 atom stereocenters. The van der Waals surface area contributed by atoms with Crippen molar-refractivity contribution in [2.24, 2.45) is 5.10 Å². The van der Waals surface area contributed by atoms with Crippen LogP contribution in [0.4, 0.5) is 5.69 Å². The van der Waals surface area contributed by atoms with E-state index in [1.165, 1.54) is 6.21 Å². The summed E-state index contributed by atoms with van der Waals surface area (Å²) in [5, 5.41) is 16.1. The Kier molecular flexibility index (Phi) is 8.78. The first kappa shape index (κ1) is 24.5. The van der Waals surface area contributed by atoms with Crippen LogP contribution in [0, 0.1) is 18.3 Å². The number of nitriles is 1. The zero-order chi connectivity index (χ0) is 24.3. The summed E-state index contributed by atoms with van der Waals surface area (Å²) in [5.74, 6) is -0.107. The monoisotopic (exact) mass is 474 g/mol. The molecule has 3 aromatic rings. The third-order valence-electron chi connectivity index (χ3n) is 4.84. The van der Waals surface area contributed by atoms with Gasteiger partial charge in [-0.25, -0.2) is 5.43 Å². The molecular formula is C26H23ClN4O3. The van der Waals surface area contributed by atoms with Gasteiger partial charge in [0.2, 0.25) is 11.8 Å². The van der Waals surface area contributed by atoms with Crippen molar-refractivity contribution >= 4 is 35.3 Å². The van der Waals surface area contributed by atoms with Crippen molar-refractivity contribution < 1.29 is 14.3 Å². The van der Waals surface area contributed by atoms with E-state index in [1.807, 2.05) is 43.3 Å². The zero-order valence-corrected chi connectivity index (χ0v) is 19.3. The van der Waals surface area contributed by atoms with E-state index in [1.54, 1.807) is 30.3 Å². The zero-order valence-electron chi connectivity index (χ0n) is 18.5. The average molecular weight is 475 g/mol. The first-order valence-corrected chi connectivity index (χ1v) is 10.9. The van der Waals surface area contributed by atoms with E-state index in [2.05, 4.69) is 21.9 Å². The molecule has 7 nitrogen and oxygen atoms in total. The molecule has 2 amide bonds. The number of hydrazone groups is 1. The predicted octanol–water partition coefficient (Wildman–Crippen LogP) is 4.97. The Labute approximate surface area is 203 Å². The average Bonchev–Trinajstić information content (AvgIpc) is 2.84. The van der Waals surface area contributed by atoms with E-state index in [4.69, 9.17) is 21.6 Å². The number of carbonyl (C=O) groups is 2. The van der Waals surface area contributed by atoms with Gasteiger partial charge in [0, 0.05) is 29.1 Å². The third kappa shape index (κ3) is 7.47. The number of para-hydroxylation sites is 1. The minimum Gasteiger partial charge on any atom is -0.488 e. The van der Waals surface area contributed by atoms with Gasteiger partial charge in [-0.2, -0.15) is 10.4 Å². The Morgan fingerprint density at radius 3 is 2.53 bits per heavy atom. The lowest BCUT2D eigenvalue weighted by atomic mass is 10.1. The van der Waals surface area contributed by atoms with Gasteiger partial charge in [-0.15, -0.1) is 0 Å². The number of nitrogens with zero attached hydrogens (tertiary/aromatic N) is 2. The molecule has 0 saturated heterocycles. The Morgan fingerprint density at radius 1 is 1.06 bits per heavy atom. The molecule has 0 aliphatic heterocycles. The van der Waals surface area contributed by atoms with Crippen molar-refractivity contribution in [3.63, 3.8) is 0 Å². The smallest absolute Gasteiger partial charge is 0.240 e. The molecule has 172 valence electrons. The summed E-state index contributed by atoms with van der Waals surface area (Å²) >= 11 is 6.09. The van der Waals surface area contributed by atoms with Gasteiger partial charge in [-0.3, -0.25) is 9.59 Å². The van der Waals surface area contributed by atoms with Crippen molar-refractivity contribution in [1.29, 1.82) is 5.26 Å². The molecule has 3 rings (SSSR count).